The molecule has 0 spiro atoms. The Morgan fingerprint density at radius 1 is 1.07 bits per heavy atom. The van der Waals surface area contributed by atoms with Crippen molar-refractivity contribution in [2.45, 2.75) is 0 Å². The summed E-state index contributed by atoms with van der Waals surface area (Å²) >= 11 is 0. The molecule has 71 valence electrons. The van der Waals surface area contributed by atoms with Gasteiger partial charge in [-0.3, -0.25) is 0 Å². The average molecular weight is 187 g/mol. The van der Waals surface area contributed by atoms with E-state index in [4.69, 9.17) is 9.47 Å². The zero-order chi connectivity index (χ0) is 9.97. The van der Waals surface area contributed by atoms with Gasteiger partial charge in [0.2, 0.25) is 0 Å². The molecule has 2 aromatic carbocycles. The summed E-state index contributed by atoms with van der Waals surface area (Å²) in [6.45, 7) is 0. The van der Waals surface area contributed by atoms with Crippen LogP contribution in [0.4, 0.5) is 0 Å². The zero-order valence-electron chi connectivity index (χ0n) is 8.20. The fraction of sp³-hybridized carbons (Fsp3) is 0.167. The Morgan fingerprint density at radius 3 is 2.57 bits per heavy atom. The molecule has 0 bridgehead atoms. The van der Waals surface area contributed by atoms with Gasteiger partial charge >= 0.3 is 0 Å². The van der Waals surface area contributed by atoms with Crippen molar-refractivity contribution >= 4 is 10.8 Å². The van der Waals surface area contributed by atoms with Gasteiger partial charge in [0.1, 0.15) is 11.5 Å². The van der Waals surface area contributed by atoms with E-state index in [9.17, 15) is 0 Å². The van der Waals surface area contributed by atoms with E-state index in [0.717, 1.165) is 16.5 Å². The summed E-state index contributed by atoms with van der Waals surface area (Å²) in [5.74, 6) is 1.42. The molecule has 2 heteroatoms. The summed E-state index contributed by atoms with van der Waals surface area (Å²) in [5, 5.41) is 2.15. The Kier molecular flexibility index (Phi) is 2.27. The highest BCUT2D eigenvalue weighted by Gasteiger charge is 2.04. The van der Waals surface area contributed by atoms with Crippen LogP contribution in [0.2, 0.25) is 0 Å². The lowest BCUT2D eigenvalue weighted by Crippen LogP contribution is -1.88. The number of benzene rings is 2. The van der Waals surface area contributed by atoms with Crippen LogP contribution < -0.4 is 9.47 Å². The van der Waals surface area contributed by atoms with Crippen LogP contribution >= 0.6 is 0 Å². The first-order valence-electron chi connectivity index (χ1n) is 4.38. The van der Waals surface area contributed by atoms with Crippen molar-refractivity contribution in [3.8, 4) is 11.5 Å². The van der Waals surface area contributed by atoms with Crippen molar-refractivity contribution in [2.24, 2.45) is 0 Å². The maximum atomic E-state index is 5.23. The van der Waals surface area contributed by atoms with Crippen molar-refractivity contribution in [3.63, 3.8) is 0 Å². The normalized spacial score (nSPS) is 10.1. The average Bonchev–Trinajstić information content (AvgIpc) is 2.27. The van der Waals surface area contributed by atoms with Gasteiger partial charge in [0.25, 0.3) is 0 Å². The predicted octanol–water partition coefficient (Wildman–Crippen LogP) is 2.66. The van der Waals surface area contributed by atoms with Crippen LogP contribution in [-0.4, -0.2) is 14.2 Å². The molecule has 0 amide bonds. The highest BCUT2D eigenvalue weighted by atomic mass is 16.5. The summed E-state index contributed by atoms with van der Waals surface area (Å²) in [6.07, 6.45) is 0. The molecule has 0 atom stereocenters. The molecule has 0 aromatic heterocycles. The maximum Gasteiger partial charge on any atom is 0.138 e. The molecule has 0 aliphatic carbocycles. The molecule has 2 aromatic rings. The van der Waals surface area contributed by atoms with E-state index in [2.05, 4.69) is 6.07 Å². The molecule has 0 aliphatic heterocycles. The molecule has 0 fully saturated rings. The van der Waals surface area contributed by atoms with Crippen LogP contribution in [0.15, 0.2) is 30.3 Å². The Hall–Kier alpha value is -1.70. The summed E-state index contributed by atoms with van der Waals surface area (Å²) in [5.41, 5.74) is 0. The highest BCUT2D eigenvalue weighted by molar-refractivity contribution is 5.89. The van der Waals surface area contributed by atoms with Gasteiger partial charge in [0.15, 0.2) is 0 Å². The van der Waals surface area contributed by atoms with Crippen molar-refractivity contribution in [1.29, 1.82) is 0 Å². The van der Waals surface area contributed by atoms with Crippen LogP contribution in [-0.2, 0) is 0 Å². The van der Waals surface area contributed by atoms with E-state index in [-0.39, 0.29) is 0 Å². The second-order valence-corrected chi connectivity index (χ2v) is 2.96. The molecule has 0 aliphatic rings. The van der Waals surface area contributed by atoms with E-state index in [1.807, 2.05) is 30.3 Å². The van der Waals surface area contributed by atoms with Gasteiger partial charge in [0, 0.05) is 5.39 Å². The zero-order valence-corrected chi connectivity index (χ0v) is 8.20. The quantitative estimate of drug-likeness (QED) is 0.719. The van der Waals surface area contributed by atoms with Gasteiger partial charge in [-0.2, -0.15) is 0 Å². The standard InChI is InChI=1S/C12H11O2/c1-13-10-7-9-5-3-4-6-11(9)12(8-10)14-2/h3-7H,1-2H3. The first-order valence-corrected chi connectivity index (χ1v) is 4.38. The SMILES string of the molecule is COc1[c]c(OC)c2ccccc2c1. The highest BCUT2D eigenvalue weighted by Crippen LogP contribution is 2.29. The molecule has 0 heterocycles. The molecule has 1 radical (unpaired) electrons. The third kappa shape index (κ3) is 1.39. The summed E-state index contributed by atoms with van der Waals surface area (Å²) in [6, 6.07) is 13.0. The largest absolute Gasteiger partial charge is 0.496 e. The number of hydrogen-bond acceptors (Lipinski definition) is 2. The van der Waals surface area contributed by atoms with Crippen molar-refractivity contribution < 1.29 is 9.47 Å². The van der Waals surface area contributed by atoms with Crippen molar-refractivity contribution in [1.82, 2.24) is 0 Å². The number of rotatable bonds is 2. The van der Waals surface area contributed by atoms with Crippen LogP contribution in [0.1, 0.15) is 0 Å². The number of methoxy groups -OCH3 is 2. The fourth-order valence-corrected chi connectivity index (χ4v) is 1.46. The molecule has 0 saturated heterocycles. The first-order chi connectivity index (χ1) is 6.85. The van der Waals surface area contributed by atoms with Gasteiger partial charge in [-0.25, -0.2) is 0 Å². The minimum Gasteiger partial charge on any atom is -0.496 e. The smallest absolute Gasteiger partial charge is 0.138 e. The predicted molar refractivity (Wildman–Crippen MR) is 55.9 cm³/mol. The Balaban J connectivity index is 2.73. The monoisotopic (exact) mass is 187 g/mol. The summed E-state index contributed by atoms with van der Waals surface area (Å²) in [4.78, 5) is 0. The second-order valence-electron chi connectivity index (χ2n) is 2.96. The second kappa shape index (κ2) is 3.58. The molecule has 0 unspecified atom stereocenters. The molecule has 2 rings (SSSR count). The minimum absolute atomic E-state index is 0.695. The van der Waals surface area contributed by atoms with Crippen LogP contribution in [0.5, 0.6) is 11.5 Å². The molecular weight excluding hydrogens is 176 g/mol. The molecule has 14 heavy (non-hydrogen) atoms. The maximum absolute atomic E-state index is 5.23. The fourth-order valence-electron chi connectivity index (χ4n) is 1.46. The molecule has 2 nitrogen and oxygen atoms in total. The van der Waals surface area contributed by atoms with Crippen molar-refractivity contribution in [2.75, 3.05) is 14.2 Å². The lowest BCUT2D eigenvalue weighted by molar-refractivity contribution is 0.396. The van der Waals surface area contributed by atoms with Crippen LogP contribution in [0.3, 0.4) is 0 Å². The van der Waals surface area contributed by atoms with Gasteiger partial charge in [0.05, 0.1) is 20.3 Å². The van der Waals surface area contributed by atoms with Gasteiger partial charge in [-0.05, 0) is 11.5 Å². The lowest BCUT2D eigenvalue weighted by atomic mass is 10.1. The lowest BCUT2D eigenvalue weighted by Gasteiger charge is -2.07. The van der Waals surface area contributed by atoms with E-state index in [1.165, 1.54) is 0 Å². The van der Waals surface area contributed by atoms with E-state index >= 15 is 0 Å². The number of fused-ring (bicyclic) bond motifs is 1. The number of hydrogen-bond donors (Lipinski definition) is 0. The molecular formula is C12H11O2. The van der Waals surface area contributed by atoms with Crippen molar-refractivity contribution in [3.05, 3.63) is 36.4 Å². The Bertz CT molecular complexity index is 449. The Morgan fingerprint density at radius 2 is 1.86 bits per heavy atom. The molecule has 0 N–H and O–H groups in total. The van der Waals surface area contributed by atoms with Gasteiger partial charge in [-0.15, -0.1) is 0 Å². The summed E-state index contributed by atoms with van der Waals surface area (Å²) < 4.78 is 10.4. The van der Waals surface area contributed by atoms with Gasteiger partial charge < -0.3 is 9.47 Å². The van der Waals surface area contributed by atoms with E-state index < -0.39 is 0 Å². The number of ether oxygens (including phenoxy) is 2. The molecule has 0 saturated carbocycles. The van der Waals surface area contributed by atoms with E-state index in [1.54, 1.807) is 14.2 Å². The van der Waals surface area contributed by atoms with Gasteiger partial charge in [-0.1, -0.05) is 24.3 Å². The first kappa shape index (κ1) is 8.88. The minimum atomic E-state index is 0.695. The topological polar surface area (TPSA) is 18.5 Å². The third-order valence-corrected chi connectivity index (χ3v) is 2.15. The third-order valence-electron chi connectivity index (χ3n) is 2.15. The van der Waals surface area contributed by atoms with E-state index in [0.29, 0.717) is 5.75 Å². The van der Waals surface area contributed by atoms with Crippen LogP contribution in [0.25, 0.3) is 10.8 Å². The van der Waals surface area contributed by atoms with Crippen LogP contribution in [0, 0.1) is 6.07 Å². The summed E-state index contributed by atoms with van der Waals surface area (Å²) in [7, 11) is 3.26. The Labute approximate surface area is 83.1 Å².